The first kappa shape index (κ1) is 13.9. The SMILES string of the molecule is O=C(Cc1ccc(Cl)cc1)NCC1(CCBr)CC1. The quantitative estimate of drug-likeness (QED) is 0.794. The van der Waals surface area contributed by atoms with Gasteiger partial charge in [0.05, 0.1) is 6.42 Å². The van der Waals surface area contributed by atoms with Gasteiger partial charge in [-0.2, -0.15) is 0 Å². The van der Waals surface area contributed by atoms with E-state index >= 15 is 0 Å². The average molecular weight is 331 g/mol. The summed E-state index contributed by atoms with van der Waals surface area (Å²) in [6, 6.07) is 7.43. The van der Waals surface area contributed by atoms with E-state index in [2.05, 4.69) is 21.2 Å². The Morgan fingerprint density at radius 2 is 2.00 bits per heavy atom. The minimum Gasteiger partial charge on any atom is -0.355 e. The molecule has 1 saturated carbocycles. The molecule has 1 amide bonds. The van der Waals surface area contributed by atoms with Crippen molar-refractivity contribution in [2.45, 2.75) is 25.7 Å². The van der Waals surface area contributed by atoms with E-state index in [1.54, 1.807) is 0 Å². The van der Waals surface area contributed by atoms with Crippen molar-refractivity contribution in [2.75, 3.05) is 11.9 Å². The number of nitrogens with one attached hydrogen (secondary N) is 1. The van der Waals surface area contributed by atoms with Crippen LogP contribution in [0, 0.1) is 5.41 Å². The Labute approximate surface area is 121 Å². The van der Waals surface area contributed by atoms with Gasteiger partial charge in [-0.15, -0.1) is 0 Å². The Morgan fingerprint density at radius 1 is 1.33 bits per heavy atom. The van der Waals surface area contributed by atoms with Crippen LogP contribution in [0.1, 0.15) is 24.8 Å². The molecule has 0 spiro atoms. The molecule has 1 aromatic carbocycles. The first-order valence-corrected chi connectivity index (χ1v) is 7.71. The van der Waals surface area contributed by atoms with Crippen molar-refractivity contribution in [2.24, 2.45) is 5.41 Å². The molecule has 0 radical (unpaired) electrons. The van der Waals surface area contributed by atoms with Crippen molar-refractivity contribution in [1.82, 2.24) is 5.32 Å². The van der Waals surface area contributed by atoms with Crippen molar-refractivity contribution in [3.8, 4) is 0 Å². The first-order chi connectivity index (χ1) is 8.63. The van der Waals surface area contributed by atoms with Crippen LogP contribution >= 0.6 is 27.5 Å². The minimum atomic E-state index is 0.0955. The lowest BCUT2D eigenvalue weighted by Crippen LogP contribution is -2.31. The van der Waals surface area contributed by atoms with Gasteiger partial charge in [-0.05, 0) is 42.4 Å². The molecule has 0 aromatic heterocycles. The maximum absolute atomic E-state index is 11.8. The Bertz CT molecular complexity index is 414. The lowest BCUT2D eigenvalue weighted by Gasteiger charge is -2.14. The number of hydrogen-bond acceptors (Lipinski definition) is 1. The number of alkyl halides is 1. The molecule has 0 atom stereocenters. The third kappa shape index (κ3) is 3.99. The Morgan fingerprint density at radius 3 is 2.56 bits per heavy atom. The van der Waals surface area contributed by atoms with Crippen LogP contribution in [0.25, 0.3) is 0 Å². The molecule has 1 fully saturated rings. The number of halogens is 2. The van der Waals surface area contributed by atoms with Crippen LogP contribution in [0.2, 0.25) is 5.02 Å². The molecular weight excluding hydrogens is 314 g/mol. The second-order valence-corrected chi connectivity index (χ2v) is 6.25. The van der Waals surface area contributed by atoms with Crippen LogP contribution in [-0.2, 0) is 11.2 Å². The second kappa shape index (κ2) is 6.07. The fourth-order valence-corrected chi connectivity index (χ4v) is 3.00. The van der Waals surface area contributed by atoms with Gasteiger partial charge in [-0.3, -0.25) is 4.79 Å². The number of carbonyl (C=O) groups is 1. The summed E-state index contributed by atoms with van der Waals surface area (Å²) < 4.78 is 0. The Kier molecular flexibility index (Phi) is 4.68. The van der Waals surface area contributed by atoms with E-state index < -0.39 is 0 Å². The molecular formula is C14H17BrClNO. The highest BCUT2D eigenvalue weighted by molar-refractivity contribution is 9.09. The molecule has 1 aliphatic carbocycles. The average Bonchev–Trinajstić information content (AvgIpc) is 3.11. The second-order valence-electron chi connectivity index (χ2n) is 5.02. The molecule has 2 rings (SSSR count). The van der Waals surface area contributed by atoms with Crippen molar-refractivity contribution in [3.05, 3.63) is 34.9 Å². The maximum atomic E-state index is 11.8. The molecule has 0 saturated heterocycles. The summed E-state index contributed by atoms with van der Waals surface area (Å²) in [6.45, 7) is 0.811. The lowest BCUT2D eigenvalue weighted by molar-refractivity contribution is -0.120. The molecule has 98 valence electrons. The molecule has 4 heteroatoms. The van der Waals surface area contributed by atoms with Gasteiger partial charge in [0.25, 0.3) is 0 Å². The summed E-state index contributed by atoms with van der Waals surface area (Å²) >= 11 is 9.27. The van der Waals surface area contributed by atoms with Crippen molar-refractivity contribution in [1.29, 1.82) is 0 Å². The minimum absolute atomic E-state index is 0.0955. The van der Waals surface area contributed by atoms with E-state index in [1.165, 1.54) is 12.8 Å². The van der Waals surface area contributed by atoms with E-state index in [0.29, 0.717) is 16.9 Å². The van der Waals surface area contributed by atoms with Crippen LogP contribution in [0.5, 0.6) is 0 Å². The summed E-state index contributed by atoms with van der Waals surface area (Å²) in [5, 5.41) is 4.76. The number of rotatable bonds is 6. The third-order valence-electron chi connectivity index (χ3n) is 3.52. The van der Waals surface area contributed by atoms with Crippen LogP contribution < -0.4 is 5.32 Å². The summed E-state index contributed by atoms with van der Waals surface area (Å²) in [6.07, 6.45) is 4.05. The van der Waals surface area contributed by atoms with Crippen molar-refractivity contribution >= 4 is 33.4 Å². The molecule has 1 aliphatic rings. The van der Waals surface area contributed by atoms with Gasteiger partial charge in [0, 0.05) is 16.9 Å². The van der Waals surface area contributed by atoms with Gasteiger partial charge in [0.1, 0.15) is 0 Å². The van der Waals surface area contributed by atoms with Crippen LogP contribution in [-0.4, -0.2) is 17.8 Å². The van der Waals surface area contributed by atoms with E-state index in [1.807, 2.05) is 24.3 Å². The summed E-state index contributed by atoms with van der Waals surface area (Å²) in [7, 11) is 0. The highest BCUT2D eigenvalue weighted by atomic mass is 79.9. The molecule has 0 unspecified atom stereocenters. The Balaban J connectivity index is 1.77. The molecule has 0 aliphatic heterocycles. The molecule has 18 heavy (non-hydrogen) atoms. The van der Waals surface area contributed by atoms with E-state index in [4.69, 9.17) is 11.6 Å². The zero-order valence-electron chi connectivity index (χ0n) is 10.2. The fraction of sp³-hybridized carbons (Fsp3) is 0.500. The molecule has 1 N–H and O–H groups in total. The third-order valence-corrected chi connectivity index (χ3v) is 4.17. The highest BCUT2D eigenvalue weighted by Crippen LogP contribution is 2.48. The lowest BCUT2D eigenvalue weighted by atomic mass is 10.0. The Hall–Kier alpha value is -0.540. The molecule has 0 bridgehead atoms. The van der Waals surface area contributed by atoms with Crippen molar-refractivity contribution < 1.29 is 4.79 Å². The zero-order chi connectivity index (χ0) is 13.0. The standard InChI is InChI=1S/C14H17BrClNO/c15-8-7-14(5-6-14)10-17-13(18)9-11-1-3-12(16)4-2-11/h1-4H,5-10H2,(H,17,18). The van der Waals surface area contributed by atoms with Crippen LogP contribution in [0.15, 0.2) is 24.3 Å². The maximum Gasteiger partial charge on any atom is 0.224 e. The van der Waals surface area contributed by atoms with Crippen LogP contribution in [0.4, 0.5) is 0 Å². The van der Waals surface area contributed by atoms with Gasteiger partial charge in [0.2, 0.25) is 5.91 Å². The predicted octanol–water partition coefficient (Wildman–Crippen LogP) is 3.56. The van der Waals surface area contributed by atoms with Crippen LogP contribution in [0.3, 0.4) is 0 Å². The van der Waals surface area contributed by atoms with Gasteiger partial charge in [-0.1, -0.05) is 39.7 Å². The van der Waals surface area contributed by atoms with E-state index in [-0.39, 0.29) is 5.91 Å². The normalized spacial score (nSPS) is 16.3. The van der Waals surface area contributed by atoms with Gasteiger partial charge in [-0.25, -0.2) is 0 Å². The van der Waals surface area contributed by atoms with Crippen molar-refractivity contribution in [3.63, 3.8) is 0 Å². The molecule has 1 aromatic rings. The summed E-state index contributed by atoms with van der Waals surface area (Å²) in [4.78, 5) is 11.8. The number of amides is 1. The molecule has 0 heterocycles. The molecule has 2 nitrogen and oxygen atoms in total. The van der Waals surface area contributed by atoms with E-state index in [0.717, 1.165) is 23.9 Å². The summed E-state index contributed by atoms with van der Waals surface area (Å²) in [5.74, 6) is 0.0955. The number of carbonyl (C=O) groups excluding carboxylic acids is 1. The predicted molar refractivity (Wildman–Crippen MR) is 78.2 cm³/mol. The van der Waals surface area contributed by atoms with Gasteiger partial charge >= 0.3 is 0 Å². The monoisotopic (exact) mass is 329 g/mol. The zero-order valence-corrected chi connectivity index (χ0v) is 12.6. The van der Waals surface area contributed by atoms with E-state index in [9.17, 15) is 4.79 Å². The van der Waals surface area contributed by atoms with Gasteiger partial charge in [0.15, 0.2) is 0 Å². The number of benzene rings is 1. The fourth-order valence-electron chi connectivity index (χ4n) is 2.03. The largest absolute Gasteiger partial charge is 0.355 e. The highest BCUT2D eigenvalue weighted by Gasteiger charge is 2.41. The van der Waals surface area contributed by atoms with Gasteiger partial charge < -0.3 is 5.32 Å². The number of hydrogen-bond donors (Lipinski definition) is 1. The summed E-state index contributed by atoms with van der Waals surface area (Å²) in [5.41, 5.74) is 1.38. The first-order valence-electron chi connectivity index (χ1n) is 6.21. The smallest absolute Gasteiger partial charge is 0.224 e. The topological polar surface area (TPSA) is 29.1 Å².